The molecule has 0 radical (unpaired) electrons. The fourth-order valence-corrected chi connectivity index (χ4v) is 3.94. The summed E-state index contributed by atoms with van der Waals surface area (Å²) in [5.74, 6) is -0.392. The molecule has 1 heterocycles. The fraction of sp³-hybridized carbons (Fsp3) is 0.375. The van der Waals surface area contributed by atoms with Crippen LogP contribution in [0.4, 0.5) is 0 Å². The number of carboxylic acid groups (broad SMARTS) is 1. The number of aliphatic hydroxyl groups is 1. The van der Waals surface area contributed by atoms with Gasteiger partial charge in [0.15, 0.2) is 5.78 Å². The summed E-state index contributed by atoms with van der Waals surface area (Å²) in [6.07, 6.45) is 10.4. The number of fused-ring (bicyclic) bond motifs is 1. The second-order valence-electron chi connectivity index (χ2n) is 7.76. The first-order valence-corrected chi connectivity index (χ1v) is 10.2. The van der Waals surface area contributed by atoms with Crippen molar-refractivity contribution in [2.75, 3.05) is 0 Å². The summed E-state index contributed by atoms with van der Waals surface area (Å²) in [5, 5.41) is 19.4. The van der Waals surface area contributed by atoms with E-state index in [-0.39, 0.29) is 24.0 Å². The standard InChI is InChI=1S/C24H28N2O4/c1-16-15-22(28)18(9-5-3-4-6-12-23(29)30)17(16)13-14-21(27)24-25-19-10-7-8-11-20(19)26(24)2/h3,5,7-8,10-11,13-15,17-18,21,27H,4,6,9,12H2,1-2H3,(H,29,30)/t17-,18+,21?/m0/s1. The number of ketones is 1. The van der Waals surface area contributed by atoms with Crippen LogP contribution < -0.4 is 0 Å². The van der Waals surface area contributed by atoms with E-state index < -0.39 is 12.1 Å². The van der Waals surface area contributed by atoms with Crippen molar-refractivity contribution >= 4 is 22.8 Å². The highest BCUT2D eigenvalue weighted by atomic mass is 16.4. The summed E-state index contributed by atoms with van der Waals surface area (Å²) in [7, 11) is 1.88. The quantitative estimate of drug-likeness (QED) is 0.481. The largest absolute Gasteiger partial charge is 0.481 e. The van der Waals surface area contributed by atoms with E-state index in [0.717, 1.165) is 16.6 Å². The van der Waals surface area contributed by atoms with Gasteiger partial charge in [-0.15, -0.1) is 0 Å². The second kappa shape index (κ2) is 9.67. The van der Waals surface area contributed by atoms with Crippen molar-refractivity contribution in [1.29, 1.82) is 0 Å². The highest BCUT2D eigenvalue weighted by Crippen LogP contribution is 2.34. The highest BCUT2D eigenvalue weighted by molar-refractivity contribution is 5.96. The Morgan fingerprint density at radius 1 is 1.30 bits per heavy atom. The zero-order valence-corrected chi connectivity index (χ0v) is 17.4. The Balaban J connectivity index is 1.66. The molecular formula is C24H28N2O4. The number of carbonyl (C=O) groups is 2. The Bertz CT molecular complexity index is 1020. The number of nitrogens with zero attached hydrogens (tertiary/aromatic N) is 2. The number of unbranched alkanes of at least 4 members (excludes halogenated alkanes) is 1. The zero-order valence-electron chi connectivity index (χ0n) is 17.4. The number of para-hydroxylation sites is 2. The number of aliphatic carboxylic acids is 1. The van der Waals surface area contributed by atoms with Crippen molar-refractivity contribution < 1.29 is 19.8 Å². The van der Waals surface area contributed by atoms with E-state index >= 15 is 0 Å². The molecule has 0 fully saturated rings. The second-order valence-corrected chi connectivity index (χ2v) is 7.76. The molecule has 1 aromatic carbocycles. The Morgan fingerprint density at radius 3 is 2.80 bits per heavy atom. The molecule has 30 heavy (non-hydrogen) atoms. The normalized spacial score (nSPS) is 20.5. The van der Waals surface area contributed by atoms with E-state index in [4.69, 9.17) is 5.11 Å². The van der Waals surface area contributed by atoms with Crippen molar-refractivity contribution in [3.63, 3.8) is 0 Å². The molecule has 1 unspecified atom stereocenters. The molecule has 0 saturated heterocycles. The van der Waals surface area contributed by atoms with Gasteiger partial charge in [-0.2, -0.15) is 0 Å². The monoisotopic (exact) mass is 408 g/mol. The maximum absolute atomic E-state index is 12.4. The molecule has 0 spiro atoms. The Morgan fingerprint density at radius 2 is 2.07 bits per heavy atom. The van der Waals surface area contributed by atoms with Crippen molar-refractivity contribution in [1.82, 2.24) is 9.55 Å². The van der Waals surface area contributed by atoms with Gasteiger partial charge in [-0.3, -0.25) is 9.59 Å². The number of rotatable bonds is 9. The molecule has 1 aliphatic carbocycles. The summed E-state index contributed by atoms with van der Waals surface area (Å²) >= 11 is 0. The molecule has 1 aliphatic rings. The van der Waals surface area contributed by atoms with Gasteiger partial charge in [0.25, 0.3) is 0 Å². The molecule has 0 aliphatic heterocycles. The summed E-state index contributed by atoms with van der Waals surface area (Å²) < 4.78 is 1.88. The number of hydrogen-bond acceptors (Lipinski definition) is 4. The number of carboxylic acids is 1. The zero-order chi connectivity index (χ0) is 21.7. The lowest BCUT2D eigenvalue weighted by molar-refractivity contribution is -0.137. The van der Waals surface area contributed by atoms with Crippen molar-refractivity contribution in [2.24, 2.45) is 18.9 Å². The molecule has 1 aromatic heterocycles. The molecule has 158 valence electrons. The molecule has 6 heteroatoms. The molecule has 0 amide bonds. The average Bonchev–Trinajstić information content (AvgIpc) is 3.18. The topological polar surface area (TPSA) is 92.4 Å². The number of imidazole rings is 1. The van der Waals surface area contributed by atoms with E-state index in [1.165, 1.54) is 0 Å². The first-order chi connectivity index (χ1) is 14.4. The summed E-state index contributed by atoms with van der Waals surface area (Å²) in [4.78, 5) is 27.5. The molecule has 0 saturated carbocycles. The van der Waals surface area contributed by atoms with Gasteiger partial charge < -0.3 is 14.8 Å². The third-order valence-corrected chi connectivity index (χ3v) is 5.60. The number of carbonyl (C=O) groups excluding carboxylic acids is 1. The predicted molar refractivity (Wildman–Crippen MR) is 116 cm³/mol. The van der Waals surface area contributed by atoms with E-state index in [1.807, 2.05) is 61.0 Å². The van der Waals surface area contributed by atoms with Crippen LogP contribution in [0.25, 0.3) is 11.0 Å². The highest BCUT2D eigenvalue weighted by Gasteiger charge is 2.31. The lowest BCUT2D eigenvalue weighted by Crippen LogP contribution is -2.15. The number of aromatic nitrogens is 2. The van der Waals surface area contributed by atoms with Crippen LogP contribution in [0.15, 0.2) is 60.2 Å². The van der Waals surface area contributed by atoms with Gasteiger partial charge in [0, 0.05) is 25.3 Å². The average molecular weight is 408 g/mol. The van der Waals surface area contributed by atoms with Gasteiger partial charge in [0.1, 0.15) is 11.9 Å². The summed E-state index contributed by atoms with van der Waals surface area (Å²) in [6.45, 7) is 1.94. The van der Waals surface area contributed by atoms with Gasteiger partial charge in [-0.1, -0.05) is 42.0 Å². The Labute approximate surface area is 176 Å². The van der Waals surface area contributed by atoms with E-state index in [2.05, 4.69) is 4.98 Å². The Kier molecular flexibility index (Phi) is 7.00. The maximum atomic E-state index is 12.4. The first kappa shape index (κ1) is 21.7. The third kappa shape index (κ3) is 4.94. The van der Waals surface area contributed by atoms with Gasteiger partial charge in [-0.25, -0.2) is 4.98 Å². The number of hydrogen-bond donors (Lipinski definition) is 2. The molecule has 0 bridgehead atoms. The molecule has 2 N–H and O–H groups in total. The lowest BCUT2D eigenvalue weighted by Gasteiger charge is -2.16. The molecule has 6 nitrogen and oxygen atoms in total. The minimum absolute atomic E-state index is 0.0643. The number of allylic oxidation sites excluding steroid dienone is 5. The van der Waals surface area contributed by atoms with Crippen LogP contribution in [-0.2, 0) is 16.6 Å². The lowest BCUT2D eigenvalue weighted by atomic mass is 9.87. The van der Waals surface area contributed by atoms with E-state index in [1.54, 1.807) is 12.2 Å². The van der Waals surface area contributed by atoms with Crippen molar-refractivity contribution in [3.8, 4) is 0 Å². The van der Waals surface area contributed by atoms with Crippen LogP contribution >= 0.6 is 0 Å². The summed E-state index contributed by atoms with van der Waals surface area (Å²) in [6, 6.07) is 7.73. The van der Waals surface area contributed by atoms with Gasteiger partial charge >= 0.3 is 5.97 Å². The molecular weight excluding hydrogens is 380 g/mol. The van der Waals surface area contributed by atoms with Crippen molar-refractivity contribution in [3.05, 3.63) is 66.0 Å². The SMILES string of the molecule is CC1=CC(=O)[C@H](CC=CCCCC(=O)O)[C@H]1C=CC(O)c1nc2ccccc2n1C. The van der Waals surface area contributed by atoms with Crippen molar-refractivity contribution in [2.45, 2.75) is 38.7 Å². The van der Waals surface area contributed by atoms with E-state index in [9.17, 15) is 14.7 Å². The Hall–Kier alpha value is -2.99. The number of aryl methyl sites for hydroxylation is 1. The third-order valence-electron chi connectivity index (χ3n) is 5.60. The smallest absolute Gasteiger partial charge is 0.303 e. The minimum Gasteiger partial charge on any atom is -0.481 e. The van der Waals surface area contributed by atoms with Crippen LogP contribution in [-0.4, -0.2) is 31.5 Å². The predicted octanol–water partition coefficient (Wildman–Crippen LogP) is 4.13. The first-order valence-electron chi connectivity index (χ1n) is 10.2. The fourth-order valence-electron chi connectivity index (χ4n) is 3.94. The minimum atomic E-state index is -0.863. The number of benzene rings is 1. The van der Waals surface area contributed by atoms with Crippen LogP contribution in [0.5, 0.6) is 0 Å². The van der Waals surface area contributed by atoms with Gasteiger partial charge in [-0.05, 0) is 44.4 Å². The van der Waals surface area contributed by atoms with Crippen LogP contribution in [0.1, 0.15) is 44.5 Å². The van der Waals surface area contributed by atoms with Gasteiger partial charge in [0.05, 0.1) is 11.0 Å². The van der Waals surface area contributed by atoms with Gasteiger partial charge in [0.2, 0.25) is 0 Å². The van der Waals surface area contributed by atoms with Crippen LogP contribution in [0.2, 0.25) is 0 Å². The van der Waals surface area contributed by atoms with Crippen LogP contribution in [0, 0.1) is 11.8 Å². The number of aliphatic hydroxyl groups excluding tert-OH is 1. The maximum Gasteiger partial charge on any atom is 0.303 e. The summed E-state index contributed by atoms with van der Waals surface area (Å²) in [5.41, 5.74) is 2.77. The van der Waals surface area contributed by atoms with E-state index in [0.29, 0.717) is 25.1 Å². The van der Waals surface area contributed by atoms with Crippen LogP contribution in [0.3, 0.4) is 0 Å². The molecule has 3 atom stereocenters. The molecule has 3 rings (SSSR count). The molecule has 2 aromatic rings.